The summed E-state index contributed by atoms with van der Waals surface area (Å²) in [6, 6.07) is 7.60. The highest BCUT2D eigenvalue weighted by Crippen LogP contribution is 2.27. The fourth-order valence-electron chi connectivity index (χ4n) is 2.18. The zero-order chi connectivity index (χ0) is 14.8. The molecule has 1 aromatic carbocycles. The van der Waals surface area contributed by atoms with Gasteiger partial charge in [-0.05, 0) is 30.3 Å². The van der Waals surface area contributed by atoms with Crippen LogP contribution in [0.3, 0.4) is 0 Å². The molecule has 4 nitrogen and oxygen atoms in total. The lowest BCUT2D eigenvalue weighted by Crippen LogP contribution is -2.16. The number of furan rings is 1. The molecule has 0 saturated heterocycles. The van der Waals surface area contributed by atoms with Crippen LogP contribution in [0.15, 0.2) is 53.4 Å². The minimum atomic E-state index is -0.400. The van der Waals surface area contributed by atoms with Crippen molar-refractivity contribution >= 4 is 17.3 Å². The molecule has 2 heterocycles. The predicted molar refractivity (Wildman–Crippen MR) is 78.8 cm³/mol. The van der Waals surface area contributed by atoms with Gasteiger partial charge in [0.05, 0.1) is 6.26 Å². The summed E-state index contributed by atoms with van der Waals surface area (Å²) in [5.74, 6) is 1.04. The standard InChI is InChI=1S/C15H13ClFN3O/c1-20-5-4-18-15(20)14(13-3-2-6-21-13)19-12-8-10(16)7-11(17)9-12/h2-9,14,19H,1H3. The van der Waals surface area contributed by atoms with Crippen LogP contribution in [0.5, 0.6) is 0 Å². The van der Waals surface area contributed by atoms with Gasteiger partial charge >= 0.3 is 0 Å². The first-order chi connectivity index (χ1) is 10.1. The van der Waals surface area contributed by atoms with Crippen LogP contribution in [-0.4, -0.2) is 9.55 Å². The smallest absolute Gasteiger partial charge is 0.143 e. The topological polar surface area (TPSA) is 43.0 Å². The number of hydrogen-bond donors (Lipinski definition) is 1. The number of aromatic nitrogens is 2. The Morgan fingerprint density at radius 3 is 2.86 bits per heavy atom. The van der Waals surface area contributed by atoms with E-state index in [1.165, 1.54) is 12.1 Å². The van der Waals surface area contributed by atoms with Gasteiger partial charge in [0.2, 0.25) is 0 Å². The number of nitrogens with zero attached hydrogens (tertiary/aromatic N) is 2. The number of hydrogen-bond acceptors (Lipinski definition) is 3. The molecule has 3 aromatic rings. The van der Waals surface area contributed by atoms with Crippen molar-refractivity contribution in [2.45, 2.75) is 6.04 Å². The molecular weight excluding hydrogens is 293 g/mol. The van der Waals surface area contributed by atoms with Crippen molar-refractivity contribution in [2.75, 3.05) is 5.32 Å². The molecule has 0 aliphatic rings. The highest BCUT2D eigenvalue weighted by molar-refractivity contribution is 6.30. The van der Waals surface area contributed by atoms with Crippen molar-refractivity contribution in [2.24, 2.45) is 7.05 Å². The second-order valence-electron chi connectivity index (χ2n) is 4.65. The molecule has 1 atom stereocenters. The highest BCUT2D eigenvalue weighted by Gasteiger charge is 2.21. The van der Waals surface area contributed by atoms with E-state index in [9.17, 15) is 4.39 Å². The second kappa shape index (κ2) is 5.61. The van der Waals surface area contributed by atoms with Gasteiger partial charge in [-0.2, -0.15) is 0 Å². The molecule has 21 heavy (non-hydrogen) atoms. The molecule has 6 heteroatoms. The van der Waals surface area contributed by atoms with Crippen LogP contribution in [0.1, 0.15) is 17.6 Å². The Morgan fingerprint density at radius 2 is 2.24 bits per heavy atom. The Bertz CT molecular complexity index is 719. The van der Waals surface area contributed by atoms with Crippen molar-refractivity contribution in [3.8, 4) is 0 Å². The largest absolute Gasteiger partial charge is 0.467 e. The third-order valence-corrected chi connectivity index (χ3v) is 3.34. The van der Waals surface area contributed by atoms with Gasteiger partial charge in [0.1, 0.15) is 23.4 Å². The summed E-state index contributed by atoms with van der Waals surface area (Å²) in [5, 5.41) is 3.53. The van der Waals surface area contributed by atoms with Crippen LogP contribution < -0.4 is 5.32 Å². The zero-order valence-electron chi connectivity index (χ0n) is 11.3. The number of nitrogens with one attached hydrogen (secondary N) is 1. The third kappa shape index (κ3) is 2.92. The van der Waals surface area contributed by atoms with Crippen LogP contribution in [-0.2, 0) is 7.05 Å². The van der Waals surface area contributed by atoms with Gasteiger partial charge in [-0.1, -0.05) is 11.6 Å². The van der Waals surface area contributed by atoms with Crippen LogP contribution in [0, 0.1) is 5.82 Å². The second-order valence-corrected chi connectivity index (χ2v) is 5.08. The zero-order valence-corrected chi connectivity index (χ0v) is 12.0. The Kier molecular flexibility index (Phi) is 3.66. The molecule has 1 unspecified atom stereocenters. The summed E-state index contributed by atoms with van der Waals surface area (Å²) < 4.78 is 20.8. The van der Waals surface area contributed by atoms with Gasteiger partial charge in [-0.25, -0.2) is 9.37 Å². The first-order valence-electron chi connectivity index (χ1n) is 6.37. The van der Waals surface area contributed by atoms with Crippen molar-refractivity contribution in [3.63, 3.8) is 0 Å². The predicted octanol–water partition coefficient (Wildman–Crippen LogP) is 4.01. The molecule has 0 bridgehead atoms. The van der Waals surface area contributed by atoms with Crippen molar-refractivity contribution < 1.29 is 8.81 Å². The van der Waals surface area contributed by atoms with Crippen LogP contribution >= 0.6 is 11.6 Å². The molecule has 0 aliphatic carbocycles. The first kappa shape index (κ1) is 13.7. The summed E-state index contributed by atoms with van der Waals surface area (Å²) in [7, 11) is 1.89. The van der Waals surface area contributed by atoms with Gasteiger partial charge in [0.15, 0.2) is 0 Å². The average Bonchev–Trinajstić information content (AvgIpc) is 3.06. The summed E-state index contributed by atoms with van der Waals surface area (Å²) in [6.07, 6.45) is 5.13. The monoisotopic (exact) mass is 305 g/mol. The van der Waals surface area contributed by atoms with Gasteiger partial charge in [0.25, 0.3) is 0 Å². The quantitative estimate of drug-likeness (QED) is 0.792. The molecule has 0 amide bonds. The molecule has 108 valence electrons. The van der Waals surface area contributed by atoms with E-state index < -0.39 is 5.82 Å². The fraction of sp³-hybridized carbons (Fsp3) is 0.133. The maximum Gasteiger partial charge on any atom is 0.143 e. The van der Waals surface area contributed by atoms with E-state index in [1.807, 2.05) is 23.9 Å². The summed E-state index contributed by atoms with van der Waals surface area (Å²) in [6.45, 7) is 0. The molecule has 1 N–H and O–H groups in total. The third-order valence-electron chi connectivity index (χ3n) is 3.12. The molecule has 0 fully saturated rings. The van der Waals surface area contributed by atoms with Crippen LogP contribution in [0.2, 0.25) is 5.02 Å². The van der Waals surface area contributed by atoms with E-state index in [-0.39, 0.29) is 6.04 Å². The highest BCUT2D eigenvalue weighted by atomic mass is 35.5. The normalized spacial score (nSPS) is 12.3. The van der Waals surface area contributed by atoms with Crippen molar-refractivity contribution in [1.29, 1.82) is 0 Å². The molecule has 2 aromatic heterocycles. The van der Waals surface area contributed by atoms with Crippen LogP contribution in [0.25, 0.3) is 0 Å². The van der Waals surface area contributed by atoms with E-state index in [2.05, 4.69) is 10.3 Å². The number of aryl methyl sites for hydroxylation is 1. The lowest BCUT2D eigenvalue weighted by atomic mass is 10.2. The van der Waals surface area contributed by atoms with Crippen molar-refractivity contribution in [3.05, 3.63) is 71.4 Å². The molecular formula is C15H13ClFN3O. The minimum absolute atomic E-state index is 0.329. The summed E-state index contributed by atoms with van der Waals surface area (Å²) in [4.78, 5) is 4.33. The van der Waals surface area contributed by atoms with E-state index in [1.54, 1.807) is 24.6 Å². The SMILES string of the molecule is Cn1ccnc1C(Nc1cc(F)cc(Cl)c1)c1ccco1. The lowest BCUT2D eigenvalue weighted by molar-refractivity contribution is 0.488. The Balaban J connectivity index is 1.99. The molecule has 3 rings (SSSR count). The molecule has 0 aliphatic heterocycles. The average molecular weight is 306 g/mol. The maximum absolute atomic E-state index is 13.5. The van der Waals surface area contributed by atoms with Gasteiger partial charge in [-0.15, -0.1) is 0 Å². The fourth-order valence-corrected chi connectivity index (χ4v) is 2.40. The maximum atomic E-state index is 13.5. The Morgan fingerprint density at radius 1 is 1.38 bits per heavy atom. The van der Waals surface area contributed by atoms with Crippen molar-refractivity contribution in [1.82, 2.24) is 9.55 Å². The van der Waals surface area contributed by atoms with Crippen LogP contribution in [0.4, 0.5) is 10.1 Å². The molecule has 0 radical (unpaired) electrons. The lowest BCUT2D eigenvalue weighted by Gasteiger charge is -2.18. The first-order valence-corrected chi connectivity index (χ1v) is 6.74. The van der Waals surface area contributed by atoms with Gasteiger partial charge in [0, 0.05) is 30.2 Å². The number of imidazole rings is 1. The van der Waals surface area contributed by atoms with Gasteiger partial charge in [-0.3, -0.25) is 0 Å². The summed E-state index contributed by atoms with van der Waals surface area (Å²) >= 11 is 5.89. The van der Waals surface area contributed by atoms with E-state index in [4.69, 9.17) is 16.0 Å². The number of halogens is 2. The summed E-state index contributed by atoms with van der Waals surface area (Å²) in [5.41, 5.74) is 0.560. The van der Waals surface area contributed by atoms with E-state index in [0.29, 0.717) is 16.5 Å². The van der Waals surface area contributed by atoms with E-state index >= 15 is 0 Å². The molecule has 0 spiro atoms. The number of rotatable bonds is 4. The van der Waals surface area contributed by atoms with E-state index in [0.717, 1.165) is 5.82 Å². The molecule has 0 saturated carbocycles. The minimum Gasteiger partial charge on any atom is -0.467 e. The number of benzene rings is 1. The van der Waals surface area contributed by atoms with Gasteiger partial charge < -0.3 is 14.3 Å². The Labute approximate surface area is 126 Å². The number of anilines is 1. The Hall–Kier alpha value is -2.27.